The summed E-state index contributed by atoms with van der Waals surface area (Å²) in [6.45, 7) is 1.79. The van der Waals surface area contributed by atoms with Crippen molar-refractivity contribution in [2.75, 3.05) is 5.75 Å². The third kappa shape index (κ3) is 3.70. The summed E-state index contributed by atoms with van der Waals surface area (Å²) in [7, 11) is -3.08. The molecule has 2 rings (SSSR count). The molecule has 1 aromatic rings. The summed E-state index contributed by atoms with van der Waals surface area (Å²) >= 11 is 5.55. The Hall–Kier alpha value is -0.790. The molecule has 0 saturated carbocycles. The number of hydrogen-bond donors (Lipinski definition) is 1. The minimum absolute atomic E-state index is 0.111. The molecule has 2 atom stereocenters. The Bertz CT molecular complexity index is 631. The Morgan fingerprint density at radius 1 is 1.38 bits per heavy atom. The van der Waals surface area contributed by atoms with Crippen molar-refractivity contribution in [1.29, 1.82) is 0 Å². The van der Waals surface area contributed by atoms with Crippen LogP contribution in [0.1, 0.15) is 24.5 Å². The van der Waals surface area contributed by atoms with Gasteiger partial charge in [0.25, 0.3) is 0 Å². The van der Waals surface area contributed by atoms with Gasteiger partial charge in [0.1, 0.15) is 0 Å². The lowest BCUT2D eigenvalue weighted by atomic mass is 10.1. The van der Waals surface area contributed by atoms with E-state index in [1.54, 1.807) is 6.92 Å². The van der Waals surface area contributed by atoms with Crippen LogP contribution in [0.25, 0.3) is 0 Å². The third-order valence-corrected chi connectivity index (χ3v) is 6.35. The highest BCUT2D eigenvalue weighted by Crippen LogP contribution is 2.35. The molecule has 1 saturated heterocycles. The SMILES string of the molecule is C[C@H]1[C@@H](NCc2ccc(Cl)c(C(F)(F)F)c2)CCS1(=O)=O. The summed E-state index contributed by atoms with van der Waals surface area (Å²) in [5.41, 5.74) is -0.459. The maximum Gasteiger partial charge on any atom is 0.417 e. The van der Waals surface area contributed by atoms with Gasteiger partial charge in [-0.05, 0) is 31.0 Å². The van der Waals surface area contributed by atoms with Crippen molar-refractivity contribution >= 4 is 21.4 Å². The van der Waals surface area contributed by atoms with Gasteiger partial charge in [-0.15, -0.1) is 0 Å². The van der Waals surface area contributed by atoms with Crippen LogP contribution in [-0.4, -0.2) is 25.5 Å². The topological polar surface area (TPSA) is 46.2 Å². The Balaban J connectivity index is 2.08. The van der Waals surface area contributed by atoms with E-state index in [2.05, 4.69) is 5.32 Å². The number of benzene rings is 1. The van der Waals surface area contributed by atoms with Crippen molar-refractivity contribution in [3.05, 3.63) is 34.3 Å². The summed E-state index contributed by atoms with van der Waals surface area (Å²) in [4.78, 5) is 0. The Kier molecular flexibility index (Phi) is 4.56. The molecule has 0 spiro atoms. The zero-order valence-electron chi connectivity index (χ0n) is 11.2. The molecular weight excluding hydrogens is 327 g/mol. The number of halogens is 4. The summed E-state index contributed by atoms with van der Waals surface area (Å²) in [5, 5.41) is 2.15. The van der Waals surface area contributed by atoms with E-state index in [4.69, 9.17) is 11.6 Å². The average molecular weight is 342 g/mol. The van der Waals surface area contributed by atoms with Crippen LogP contribution in [0.5, 0.6) is 0 Å². The summed E-state index contributed by atoms with van der Waals surface area (Å²) in [5.74, 6) is 0.111. The molecule has 1 aliphatic rings. The summed E-state index contributed by atoms with van der Waals surface area (Å²) in [6.07, 6.45) is -4.03. The first-order chi connectivity index (χ1) is 9.61. The second-order valence-electron chi connectivity index (χ2n) is 5.16. The standard InChI is InChI=1S/C13H15ClF3NO2S/c1-8-12(4-5-21(8,19)20)18-7-9-2-3-11(14)10(6-9)13(15,16)17/h2-3,6,8,12,18H,4-5,7H2,1H3/t8-,12-/m0/s1. The molecule has 1 heterocycles. The zero-order chi connectivity index (χ0) is 15.8. The monoisotopic (exact) mass is 341 g/mol. The minimum atomic E-state index is -4.50. The van der Waals surface area contributed by atoms with E-state index in [0.717, 1.165) is 6.07 Å². The second-order valence-corrected chi connectivity index (χ2v) is 8.04. The van der Waals surface area contributed by atoms with E-state index in [9.17, 15) is 21.6 Å². The lowest BCUT2D eigenvalue weighted by Crippen LogP contribution is -2.36. The molecule has 0 unspecified atom stereocenters. The quantitative estimate of drug-likeness (QED) is 0.919. The second kappa shape index (κ2) is 5.78. The van der Waals surface area contributed by atoms with Crippen LogP contribution in [-0.2, 0) is 22.6 Å². The zero-order valence-corrected chi connectivity index (χ0v) is 12.8. The fraction of sp³-hybridized carbons (Fsp3) is 0.538. The summed E-state index contributed by atoms with van der Waals surface area (Å²) in [6, 6.07) is 3.46. The van der Waals surface area contributed by atoms with E-state index in [1.165, 1.54) is 12.1 Å². The molecule has 21 heavy (non-hydrogen) atoms. The number of nitrogens with one attached hydrogen (secondary N) is 1. The lowest BCUT2D eigenvalue weighted by molar-refractivity contribution is -0.137. The van der Waals surface area contributed by atoms with Crippen LogP contribution >= 0.6 is 11.6 Å². The van der Waals surface area contributed by atoms with Gasteiger partial charge < -0.3 is 5.32 Å². The van der Waals surface area contributed by atoms with E-state index in [1.807, 2.05) is 0 Å². The van der Waals surface area contributed by atoms with Gasteiger partial charge in [0, 0.05) is 12.6 Å². The minimum Gasteiger partial charge on any atom is -0.309 e. The first kappa shape index (κ1) is 16.6. The van der Waals surface area contributed by atoms with Gasteiger partial charge in [0.15, 0.2) is 9.84 Å². The molecule has 1 aromatic carbocycles. The first-order valence-electron chi connectivity index (χ1n) is 6.42. The van der Waals surface area contributed by atoms with Gasteiger partial charge in [0.05, 0.1) is 21.6 Å². The number of sulfone groups is 1. The molecule has 1 aliphatic heterocycles. The fourth-order valence-corrected chi connectivity index (χ4v) is 4.29. The van der Waals surface area contributed by atoms with Crippen LogP contribution < -0.4 is 5.32 Å². The number of hydrogen-bond acceptors (Lipinski definition) is 3. The van der Waals surface area contributed by atoms with Crippen molar-refractivity contribution in [3.63, 3.8) is 0 Å². The maximum atomic E-state index is 12.7. The molecule has 0 bridgehead atoms. The van der Waals surface area contributed by atoms with Crippen molar-refractivity contribution in [3.8, 4) is 0 Å². The van der Waals surface area contributed by atoms with Gasteiger partial charge in [0.2, 0.25) is 0 Å². The molecule has 8 heteroatoms. The van der Waals surface area contributed by atoms with E-state index >= 15 is 0 Å². The highest BCUT2D eigenvalue weighted by Gasteiger charge is 2.36. The van der Waals surface area contributed by atoms with E-state index in [0.29, 0.717) is 12.0 Å². The van der Waals surface area contributed by atoms with Crippen LogP contribution in [0.15, 0.2) is 18.2 Å². The Labute approximate surface area is 126 Å². The predicted octanol–water partition coefficient (Wildman–Crippen LogP) is 3.02. The number of alkyl halides is 3. The van der Waals surface area contributed by atoms with Crippen LogP contribution in [0.3, 0.4) is 0 Å². The largest absolute Gasteiger partial charge is 0.417 e. The van der Waals surface area contributed by atoms with Gasteiger partial charge >= 0.3 is 6.18 Å². The molecule has 1 N–H and O–H groups in total. The van der Waals surface area contributed by atoms with Gasteiger partial charge in [-0.3, -0.25) is 0 Å². The molecule has 0 aromatic heterocycles. The lowest BCUT2D eigenvalue weighted by Gasteiger charge is -2.17. The van der Waals surface area contributed by atoms with Crippen LogP contribution in [0.2, 0.25) is 5.02 Å². The number of rotatable bonds is 3. The van der Waals surface area contributed by atoms with Crippen LogP contribution in [0, 0.1) is 0 Å². The van der Waals surface area contributed by atoms with E-state index in [-0.39, 0.29) is 23.4 Å². The Morgan fingerprint density at radius 3 is 2.57 bits per heavy atom. The molecule has 1 fully saturated rings. The van der Waals surface area contributed by atoms with Gasteiger partial charge in [-0.2, -0.15) is 13.2 Å². The predicted molar refractivity (Wildman–Crippen MR) is 74.9 cm³/mol. The van der Waals surface area contributed by atoms with Gasteiger partial charge in [-0.1, -0.05) is 17.7 Å². The summed E-state index contributed by atoms with van der Waals surface area (Å²) < 4.78 is 61.5. The molecule has 118 valence electrons. The maximum absolute atomic E-state index is 12.7. The van der Waals surface area contributed by atoms with Crippen molar-refractivity contribution in [2.45, 2.75) is 37.4 Å². The van der Waals surface area contributed by atoms with Crippen molar-refractivity contribution < 1.29 is 21.6 Å². The Morgan fingerprint density at radius 2 is 2.05 bits per heavy atom. The molecule has 0 radical (unpaired) electrons. The van der Waals surface area contributed by atoms with Gasteiger partial charge in [-0.25, -0.2) is 8.42 Å². The molecule has 0 aliphatic carbocycles. The fourth-order valence-electron chi connectivity index (χ4n) is 2.38. The smallest absolute Gasteiger partial charge is 0.309 e. The van der Waals surface area contributed by atoms with Crippen molar-refractivity contribution in [1.82, 2.24) is 5.32 Å². The molecule has 0 amide bonds. The van der Waals surface area contributed by atoms with Crippen LogP contribution in [0.4, 0.5) is 13.2 Å². The molecular formula is C13H15ClF3NO2S. The highest BCUT2D eigenvalue weighted by atomic mass is 35.5. The normalized spacial score (nSPS) is 25.2. The van der Waals surface area contributed by atoms with E-state index < -0.39 is 26.8 Å². The molecule has 3 nitrogen and oxygen atoms in total. The van der Waals surface area contributed by atoms with Crippen molar-refractivity contribution in [2.24, 2.45) is 0 Å². The third-order valence-electron chi connectivity index (χ3n) is 3.75. The first-order valence-corrected chi connectivity index (χ1v) is 8.51. The average Bonchev–Trinajstić information content (AvgIpc) is 2.63. The highest BCUT2D eigenvalue weighted by molar-refractivity contribution is 7.92.